The Kier molecular flexibility index (Phi) is 5.70. The van der Waals surface area contributed by atoms with Gasteiger partial charge in [-0.05, 0) is 0 Å². The minimum absolute atomic E-state index is 0.128. The van der Waals surface area contributed by atoms with Crippen LogP contribution in [0.5, 0.6) is 0 Å². The third-order valence-electron chi connectivity index (χ3n) is 5.97. The highest BCUT2D eigenvalue weighted by molar-refractivity contribution is 6.12. The molecule has 0 heterocycles. The summed E-state index contributed by atoms with van der Waals surface area (Å²) < 4.78 is 0. The zero-order valence-electron chi connectivity index (χ0n) is 18.1. The Morgan fingerprint density at radius 1 is 0.514 bits per heavy atom. The van der Waals surface area contributed by atoms with Crippen molar-refractivity contribution in [2.24, 2.45) is 34.6 Å². The second-order valence-corrected chi connectivity index (χ2v) is 7.90. The van der Waals surface area contributed by atoms with Crippen LogP contribution in [0.25, 0.3) is 11.1 Å². The van der Waals surface area contributed by atoms with Crippen molar-refractivity contribution < 1.29 is 9.68 Å². The monoisotopic (exact) mass is 496 g/mol. The molecule has 1 aliphatic rings. The Morgan fingerprint density at radius 2 is 0.771 bits per heavy atom. The standard InChI is InChI=1S/C15H28N16O4/c16-5-1-2-4(8(19)12(23)10(21)6(2)17)13(14(24,25)34-30(28)32,15(26,27)35-31(29)33)3(1)7(18)11(22)9(5)20/h16-29H2/q-2. The summed E-state index contributed by atoms with van der Waals surface area (Å²) in [4.78, 5) is 9.82. The Labute approximate surface area is 196 Å². The zero-order valence-corrected chi connectivity index (χ0v) is 18.1. The van der Waals surface area contributed by atoms with Gasteiger partial charge in [-0.3, -0.25) is 44.3 Å². The van der Waals surface area contributed by atoms with Gasteiger partial charge >= 0.3 is 0 Å². The molecular weight excluding hydrogens is 468 g/mol. The molecule has 0 aromatic heterocycles. The molecule has 0 saturated heterocycles. The predicted octanol–water partition coefficient (Wildman–Crippen LogP) is -5.04. The van der Waals surface area contributed by atoms with E-state index in [2.05, 4.69) is 0 Å². The van der Waals surface area contributed by atoms with Crippen LogP contribution in [-0.2, 0) is 15.1 Å². The third-order valence-corrected chi connectivity index (χ3v) is 5.97. The van der Waals surface area contributed by atoms with Crippen LogP contribution >= 0.6 is 0 Å². The van der Waals surface area contributed by atoms with Crippen LogP contribution in [0, 0.1) is 10.4 Å². The lowest BCUT2D eigenvalue weighted by Gasteiger charge is -2.54. The summed E-state index contributed by atoms with van der Waals surface area (Å²) in [5, 5.41) is 22.3. The topological polar surface area (TPSA) is 435 Å². The van der Waals surface area contributed by atoms with E-state index in [1.54, 1.807) is 0 Å². The number of rotatable bonds is 6. The fourth-order valence-electron chi connectivity index (χ4n) is 4.60. The molecule has 194 valence electrons. The molecule has 0 fully saturated rings. The molecule has 35 heavy (non-hydrogen) atoms. The van der Waals surface area contributed by atoms with E-state index in [4.69, 9.17) is 90.2 Å². The molecule has 20 heteroatoms. The van der Waals surface area contributed by atoms with Crippen LogP contribution in [0.4, 0.5) is 45.5 Å². The molecule has 3 rings (SSSR count). The molecule has 0 atom stereocenters. The number of nitrogens with two attached hydrogens (primary N) is 14. The van der Waals surface area contributed by atoms with Crippen molar-refractivity contribution in [1.29, 1.82) is 0 Å². The maximum Gasteiger partial charge on any atom is 0.209 e. The van der Waals surface area contributed by atoms with Crippen LogP contribution in [0.2, 0.25) is 0 Å². The molecule has 0 saturated carbocycles. The van der Waals surface area contributed by atoms with E-state index in [1.165, 1.54) is 0 Å². The summed E-state index contributed by atoms with van der Waals surface area (Å²) >= 11 is 0. The number of anilines is 8. The summed E-state index contributed by atoms with van der Waals surface area (Å²) in [5.74, 6) is 4.26. The first-order valence-corrected chi connectivity index (χ1v) is 9.37. The van der Waals surface area contributed by atoms with E-state index in [9.17, 15) is 10.4 Å². The maximum atomic E-state index is 11.8. The third kappa shape index (κ3) is 3.13. The quantitative estimate of drug-likeness (QED) is 0.0769. The highest BCUT2D eigenvalue weighted by atomic mass is 16.9. The fourth-order valence-corrected chi connectivity index (χ4v) is 4.60. The number of hydrazine groups is 2. The SMILES string of the molecule is Nc1c(N)c(N)c2c(c1N)-c1c(N)c(N)c(N)c(N)c1C2(C(N)(N)ON(N)[O-])C(N)(N)ON(N)[O-]. The first-order chi connectivity index (χ1) is 15.9. The minimum Gasteiger partial charge on any atom is -0.748 e. The van der Waals surface area contributed by atoms with E-state index < -0.39 is 39.2 Å². The number of hydrogen-bond donors (Lipinski definition) is 14. The molecule has 2 aromatic rings. The average molecular weight is 496 g/mol. The molecular formula is C15H28N16O4-2. The highest BCUT2D eigenvalue weighted by Gasteiger charge is 2.70. The van der Waals surface area contributed by atoms with Crippen LogP contribution in [0.1, 0.15) is 11.1 Å². The minimum atomic E-state index is -2.98. The lowest BCUT2D eigenvalue weighted by molar-refractivity contribution is -0.305. The van der Waals surface area contributed by atoms with E-state index in [-0.39, 0.29) is 56.4 Å². The lowest BCUT2D eigenvalue weighted by Crippen LogP contribution is -2.82. The summed E-state index contributed by atoms with van der Waals surface area (Å²) in [6, 6.07) is 0. The van der Waals surface area contributed by atoms with Crippen LogP contribution in [-0.4, -0.2) is 22.4 Å². The number of benzene rings is 2. The normalized spacial score (nSPS) is 15.0. The summed E-state index contributed by atoms with van der Waals surface area (Å²) in [6.07, 6.45) is 0. The summed E-state index contributed by atoms with van der Waals surface area (Å²) in [7, 11) is 0. The van der Waals surface area contributed by atoms with E-state index in [0.29, 0.717) is 0 Å². The first-order valence-electron chi connectivity index (χ1n) is 9.37. The number of hydrogen-bond acceptors (Lipinski definition) is 20. The summed E-state index contributed by atoms with van der Waals surface area (Å²) in [5.41, 5.74) is 68.4. The average Bonchev–Trinajstić information content (AvgIpc) is 3.06. The van der Waals surface area contributed by atoms with Gasteiger partial charge in [0.05, 0.1) is 45.5 Å². The van der Waals surface area contributed by atoms with E-state index in [1.807, 2.05) is 0 Å². The Balaban J connectivity index is 2.79. The van der Waals surface area contributed by atoms with Gasteiger partial charge in [-0.2, -0.15) is 10.7 Å². The molecule has 0 amide bonds. The highest BCUT2D eigenvalue weighted by Crippen LogP contribution is 2.66. The number of nitrogens with zero attached hydrogens (tertiary/aromatic N) is 2. The molecule has 0 aliphatic heterocycles. The second-order valence-electron chi connectivity index (χ2n) is 7.90. The van der Waals surface area contributed by atoms with Crippen molar-refractivity contribution in [1.82, 2.24) is 10.7 Å². The zero-order chi connectivity index (χ0) is 27.0. The van der Waals surface area contributed by atoms with Gasteiger partial charge in [0, 0.05) is 22.3 Å². The molecule has 0 bridgehead atoms. The van der Waals surface area contributed by atoms with Crippen LogP contribution < -0.4 is 80.5 Å². The van der Waals surface area contributed by atoms with Gasteiger partial charge in [-0.25, -0.2) is 0 Å². The fraction of sp³-hybridized carbons (Fsp3) is 0.200. The molecule has 20 nitrogen and oxygen atoms in total. The Hall–Kier alpha value is -3.64. The van der Waals surface area contributed by atoms with Gasteiger partial charge in [0.15, 0.2) is 0 Å². The van der Waals surface area contributed by atoms with Gasteiger partial charge in [0.1, 0.15) is 5.41 Å². The van der Waals surface area contributed by atoms with E-state index >= 15 is 0 Å². The smallest absolute Gasteiger partial charge is 0.209 e. The van der Waals surface area contributed by atoms with Crippen LogP contribution in [0.3, 0.4) is 0 Å². The van der Waals surface area contributed by atoms with Crippen molar-refractivity contribution in [2.75, 3.05) is 45.9 Å². The van der Waals surface area contributed by atoms with Crippen molar-refractivity contribution >= 4 is 45.5 Å². The molecule has 0 spiro atoms. The molecule has 0 radical (unpaired) electrons. The molecule has 0 unspecified atom stereocenters. The van der Waals surface area contributed by atoms with Gasteiger partial charge in [0.25, 0.3) is 0 Å². The molecule has 1 aliphatic carbocycles. The Morgan fingerprint density at radius 3 is 1.03 bits per heavy atom. The van der Waals surface area contributed by atoms with Crippen LogP contribution in [0.15, 0.2) is 0 Å². The molecule has 2 aromatic carbocycles. The van der Waals surface area contributed by atoms with Crippen molar-refractivity contribution in [2.45, 2.75) is 17.1 Å². The first kappa shape index (κ1) is 26.0. The number of nitrogen functional groups attached to an aromatic ring is 8. The summed E-state index contributed by atoms with van der Waals surface area (Å²) in [6.45, 7) is 0. The Bertz CT molecular complexity index is 1120. The second kappa shape index (κ2) is 7.68. The number of fused-ring (bicyclic) bond motifs is 3. The van der Waals surface area contributed by atoms with Gasteiger partial charge in [0.2, 0.25) is 11.7 Å². The maximum absolute atomic E-state index is 11.8. The van der Waals surface area contributed by atoms with Gasteiger partial charge in [-0.1, -0.05) is 0 Å². The largest absolute Gasteiger partial charge is 0.748 e. The lowest BCUT2D eigenvalue weighted by atomic mass is 9.67. The predicted molar refractivity (Wildman–Crippen MR) is 131 cm³/mol. The van der Waals surface area contributed by atoms with Gasteiger partial charge < -0.3 is 56.3 Å². The van der Waals surface area contributed by atoms with Gasteiger partial charge in [-0.15, -0.1) is 0 Å². The van der Waals surface area contributed by atoms with Crippen molar-refractivity contribution in [3.63, 3.8) is 0 Å². The van der Waals surface area contributed by atoms with Crippen molar-refractivity contribution in [3.8, 4) is 11.1 Å². The van der Waals surface area contributed by atoms with Crippen molar-refractivity contribution in [3.05, 3.63) is 21.5 Å². The molecule has 28 N–H and O–H groups in total. The van der Waals surface area contributed by atoms with E-state index in [0.717, 1.165) is 0 Å².